The molecule has 1 aliphatic rings. The van der Waals surface area contributed by atoms with E-state index in [-0.39, 0.29) is 5.91 Å². The van der Waals surface area contributed by atoms with Crippen molar-refractivity contribution in [3.63, 3.8) is 0 Å². The molecule has 0 saturated heterocycles. The average molecular weight is 423 g/mol. The van der Waals surface area contributed by atoms with E-state index in [1.165, 1.54) is 18.2 Å². The molecule has 0 N–H and O–H groups in total. The van der Waals surface area contributed by atoms with Gasteiger partial charge in [0.15, 0.2) is 0 Å². The predicted octanol–water partition coefficient (Wildman–Crippen LogP) is 4.03. The van der Waals surface area contributed by atoms with E-state index < -0.39 is 5.97 Å². The smallest absolute Gasteiger partial charge is 0.340 e. The Bertz CT molecular complexity index is 1100. The van der Waals surface area contributed by atoms with Crippen molar-refractivity contribution in [1.82, 2.24) is 9.47 Å². The molecule has 1 amide bonds. The summed E-state index contributed by atoms with van der Waals surface area (Å²) < 4.78 is 12.3. The molecule has 0 aliphatic carbocycles. The average Bonchev–Trinajstić information content (AvgIpc) is 3.14. The predicted molar refractivity (Wildman–Crippen MR) is 121 cm³/mol. The number of hydrogen-bond acceptors (Lipinski definition) is 4. The molecular weight excluding hydrogens is 392 g/mol. The second-order valence-corrected chi connectivity index (χ2v) is 7.89. The number of methoxy groups -OCH3 is 2. The number of benzene rings is 1. The Labute approximate surface area is 183 Å². The monoisotopic (exact) mass is 422 g/mol. The molecule has 0 saturated carbocycles. The van der Waals surface area contributed by atoms with Gasteiger partial charge in [-0.05, 0) is 75.6 Å². The summed E-state index contributed by atoms with van der Waals surface area (Å²) in [6.45, 7) is 10.8. The van der Waals surface area contributed by atoms with Crippen LogP contribution in [0.1, 0.15) is 35.0 Å². The van der Waals surface area contributed by atoms with Crippen molar-refractivity contribution in [3.8, 4) is 5.69 Å². The van der Waals surface area contributed by atoms with Gasteiger partial charge in [-0.15, -0.1) is 0 Å². The number of aromatic nitrogens is 1. The fourth-order valence-electron chi connectivity index (χ4n) is 4.03. The molecule has 6 heteroatoms. The zero-order valence-corrected chi connectivity index (χ0v) is 19.3. The maximum absolute atomic E-state index is 13.2. The van der Waals surface area contributed by atoms with E-state index in [4.69, 9.17) is 9.47 Å². The van der Waals surface area contributed by atoms with Crippen LogP contribution in [0.3, 0.4) is 0 Å². The maximum atomic E-state index is 13.2. The van der Waals surface area contributed by atoms with Gasteiger partial charge in [-0.3, -0.25) is 4.79 Å². The molecule has 3 rings (SSSR count). The van der Waals surface area contributed by atoms with E-state index >= 15 is 0 Å². The molecule has 1 aromatic heterocycles. The minimum absolute atomic E-state index is 0.217. The van der Waals surface area contributed by atoms with Gasteiger partial charge in [-0.2, -0.15) is 0 Å². The molecule has 0 radical (unpaired) electrons. The second-order valence-electron chi connectivity index (χ2n) is 7.89. The molecule has 2 aromatic rings. The Hall–Kier alpha value is -3.12. The van der Waals surface area contributed by atoms with Gasteiger partial charge in [-0.25, -0.2) is 4.79 Å². The van der Waals surface area contributed by atoms with Crippen molar-refractivity contribution in [2.75, 3.05) is 27.4 Å². The molecule has 6 nitrogen and oxygen atoms in total. The number of rotatable bonds is 6. The van der Waals surface area contributed by atoms with Crippen molar-refractivity contribution in [1.29, 1.82) is 0 Å². The summed E-state index contributed by atoms with van der Waals surface area (Å²) in [6, 6.07) is 8.39. The Morgan fingerprint density at radius 3 is 2.35 bits per heavy atom. The summed E-state index contributed by atoms with van der Waals surface area (Å²) in [5.74, 6) is -0.731. The number of ether oxygens (including phenoxy) is 2. The fraction of sp³-hybridized carbons (Fsp3) is 0.360. The summed E-state index contributed by atoms with van der Waals surface area (Å²) in [6.07, 6.45) is 1.80. The standard InChI is InChI=1S/C25H30N2O4/c1-15-8-9-21(12-16(15)2)27-17(3)13-20(18(27)4)14-22-23(25(29)31-7)19(5)26(24(22)28)10-11-30-6/h8-9,12-14H,10-11H2,1-7H3/b22-14-. The molecule has 0 unspecified atom stereocenters. The number of carbonyl (C=O) groups is 2. The first-order chi connectivity index (χ1) is 14.7. The first-order valence-electron chi connectivity index (χ1n) is 10.3. The quantitative estimate of drug-likeness (QED) is 0.521. The SMILES string of the molecule is COCCN1C(=O)/C(=C\c2cc(C)n(-c3ccc(C)c(C)c3)c2C)C(C(=O)OC)=C1C. The van der Waals surface area contributed by atoms with E-state index in [2.05, 4.69) is 36.6 Å². The third-order valence-electron chi connectivity index (χ3n) is 5.94. The van der Waals surface area contributed by atoms with Gasteiger partial charge in [0.1, 0.15) is 0 Å². The summed E-state index contributed by atoms with van der Waals surface area (Å²) in [5, 5.41) is 0. The second kappa shape index (κ2) is 8.94. The van der Waals surface area contributed by atoms with E-state index in [1.54, 1.807) is 25.0 Å². The minimum atomic E-state index is -0.514. The summed E-state index contributed by atoms with van der Waals surface area (Å²) in [7, 11) is 2.91. The van der Waals surface area contributed by atoms with Crippen molar-refractivity contribution in [3.05, 3.63) is 69.2 Å². The Morgan fingerprint density at radius 2 is 1.74 bits per heavy atom. The highest BCUT2D eigenvalue weighted by Crippen LogP contribution is 2.33. The minimum Gasteiger partial charge on any atom is -0.465 e. The van der Waals surface area contributed by atoms with E-state index in [0.29, 0.717) is 30.0 Å². The number of nitrogens with zero attached hydrogens (tertiary/aromatic N) is 2. The molecule has 1 aliphatic heterocycles. The number of amides is 1. The van der Waals surface area contributed by atoms with Gasteiger partial charge in [0, 0.05) is 36.4 Å². The van der Waals surface area contributed by atoms with Crippen molar-refractivity contribution in [2.24, 2.45) is 0 Å². The van der Waals surface area contributed by atoms with E-state index in [9.17, 15) is 9.59 Å². The van der Waals surface area contributed by atoms with Crippen LogP contribution < -0.4 is 0 Å². The third kappa shape index (κ3) is 4.08. The highest BCUT2D eigenvalue weighted by Gasteiger charge is 2.37. The molecule has 2 heterocycles. The first-order valence-corrected chi connectivity index (χ1v) is 10.3. The van der Waals surface area contributed by atoms with Crippen molar-refractivity contribution in [2.45, 2.75) is 34.6 Å². The highest BCUT2D eigenvalue weighted by atomic mass is 16.5. The fourth-order valence-corrected chi connectivity index (χ4v) is 4.03. The number of aryl methyl sites for hydroxylation is 3. The zero-order valence-electron chi connectivity index (χ0n) is 19.3. The van der Waals surface area contributed by atoms with Crippen LogP contribution in [0.25, 0.3) is 11.8 Å². The number of allylic oxidation sites excluding steroid dienone is 1. The maximum Gasteiger partial charge on any atom is 0.340 e. The highest BCUT2D eigenvalue weighted by molar-refractivity contribution is 6.16. The molecule has 0 fully saturated rings. The van der Waals surface area contributed by atoms with Crippen LogP contribution in [0.15, 0.2) is 41.1 Å². The van der Waals surface area contributed by atoms with E-state index in [0.717, 1.165) is 22.6 Å². The van der Waals surface area contributed by atoms with Crippen molar-refractivity contribution < 1.29 is 19.1 Å². The summed E-state index contributed by atoms with van der Waals surface area (Å²) in [4.78, 5) is 27.2. The lowest BCUT2D eigenvalue weighted by atomic mass is 10.0. The number of carbonyl (C=O) groups excluding carboxylic acids is 2. The van der Waals surface area contributed by atoms with Crippen LogP contribution in [0.2, 0.25) is 0 Å². The largest absolute Gasteiger partial charge is 0.465 e. The lowest BCUT2D eigenvalue weighted by Gasteiger charge is -2.16. The molecule has 164 valence electrons. The van der Waals surface area contributed by atoms with Crippen LogP contribution >= 0.6 is 0 Å². The summed E-state index contributed by atoms with van der Waals surface area (Å²) >= 11 is 0. The van der Waals surface area contributed by atoms with Gasteiger partial charge in [0.2, 0.25) is 0 Å². The first kappa shape index (κ1) is 22.6. The zero-order chi connectivity index (χ0) is 22.9. The number of hydrogen-bond donors (Lipinski definition) is 0. The lowest BCUT2D eigenvalue weighted by molar-refractivity contribution is -0.136. The molecule has 0 spiro atoms. The Balaban J connectivity index is 2.10. The normalized spacial score (nSPS) is 15.4. The summed E-state index contributed by atoms with van der Waals surface area (Å²) in [5.41, 5.74) is 7.71. The Kier molecular flexibility index (Phi) is 6.51. The van der Waals surface area contributed by atoms with Gasteiger partial charge in [-0.1, -0.05) is 6.07 Å². The van der Waals surface area contributed by atoms with Crippen LogP contribution in [-0.2, 0) is 19.1 Å². The molecule has 0 atom stereocenters. The van der Waals surface area contributed by atoms with E-state index in [1.807, 2.05) is 19.9 Å². The Morgan fingerprint density at radius 1 is 1.03 bits per heavy atom. The number of esters is 1. The molecule has 0 bridgehead atoms. The lowest BCUT2D eigenvalue weighted by Crippen LogP contribution is -2.28. The molecular formula is C25H30N2O4. The van der Waals surface area contributed by atoms with Gasteiger partial charge in [0.25, 0.3) is 5.91 Å². The molecule has 31 heavy (non-hydrogen) atoms. The topological polar surface area (TPSA) is 60.8 Å². The van der Waals surface area contributed by atoms with Gasteiger partial charge < -0.3 is 18.9 Å². The van der Waals surface area contributed by atoms with Crippen LogP contribution in [0.5, 0.6) is 0 Å². The third-order valence-corrected chi connectivity index (χ3v) is 5.94. The van der Waals surface area contributed by atoms with Crippen molar-refractivity contribution >= 4 is 18.0 Å². The van der Waals surface area contributed by atoms with Crippen LogP contribution in [0, 0.1) is 27.7 Å². The van der Waals surface area contributed by atoms with Crippen LogP contribution in [-0.4, -0.2) is 48.7 Å². The van der Waals surface area contributed by atoms with Crippen LogP contribution in [0.4, 0.5) is 0 Å². The van der Waals surface area contributed by atoms with Gasteiger partial charge in [0.05, 0.1) is 24.9 Å². The van der Waals surface area contributed by atoms with Gasteiger partial charge >= 0.3 is 5.97 Å². The molecule has 1 aromatic carbocycles.